The Morgan fingerprint density at radius 1 is 1.32 bits per heavy atom. The van der Waals surface area contributed by atoms with E-state index in [1.54, 1.807) is 0 Å². The molecule has 1 atom stereocenters. The zero-order valence-electron chi connectivity index (χ0n) is 10.2. The molecule has 6 heteroatoms. The Bertz CT molecular complexity index is 541. The highest BCUT2D eigenvalue weighted by Crippen LogP contribution is 2.18. The monoisotopic (exact) mass is 259 g/mol. The smallest absolute Gasteiger partial charge is 0.324 e. The molecule has 1 N–H and O–H groups in total. The van der Waals surface area contributed by atoms with Crippen molar-refractivity contribution in [3.8, 4) is 0 Å². The second kappa shape index (κ2) is 4.72. The van der Waals surface area contributed by atoms with Crippen LogP contribution in [0.4, 0.5) is 4.79 Å². The molecule has 19 heavy (non-hydrogen) atoms. The Labute approximate surface area is 110 Å². The largest absolute Gasteiger partial charge is 0.390 e. The minimum absolute atomic E-state index is 0.0966. The van der Waals surface area contributed by atoms with E-state index in [0.717, 1.165) is 11.3 Å². The van der Waals surface area contributed by atoms with Crippen molar-refractivity contribution >= 4 is 17.6 Å². The number of hydrogen-bond donors (Lipinski definition) is 1. The van der Waals surface area contributed by atoms with Gasteiger partial charge in [-0.2, -0.15) is 0 Å². The van der Waals surface area contributed by atoms with Gasteiger partial charge in [0.15, 0.2) is 6.10 Å². The molecule has 2 aliphatic heterocycles. The van der Waals surface area contributed by atoms with Gasteiger partial charge in [0, 0.05) is 6.42 Å². The number of carbonyl (C=O) groups is 2. The van der Waals surface area contributed by atoms with Gasteiger partial charge in [-0.3, -0.25) is 10.1 Å². The Hall–Kier alpha value is -2.37. The fraction of sp³-hybridized carbons (Fsp3) is 0.308. The minimum Gasteiger partial charge on any atom is -0.390 e. The number of amides is 3. The van der Waals surface area contributed by atoms with E-state index in [0.29, 0.717) is 13.0 Å². The van der Waals surface area contributed by atoms with Gasteiger partial charge in [-0.1, -0.05) is 35.5 Å². The summed E-state index contributed by atoms with van der Waals surface area (Å²) in [7, 11) is 0. The number of rotatable bonds is 3. The van der Waals surface area contributed by atoms with Crippen LogP contribution in [0.2, 0.25) is 0 Å². The summed E-state index contributed by atoms with van der Waals surface area (Å²) in [6, 6.07) is 9.40. The topological polar surface area (TPSA) is 71.0 Å². The highest BCUT2D eigenvalue weighted by atomic mass is 16.6. The highest BCUT2D eigenvalue weighted by Gasteiger charge is 2.32. The van der Waals surface area contributed by atoms with Crippen LogP contribution in [0.25, 0.3) is 0 Å². The van der Waals surface area contributed by atoms with E-state index in [9.17, 15) is 9.59 Å². The Morgan fingerprint density at radius 3 is 2.79 bits per heavy atom. The number of nitrogens with one attached hydrogen (secondary N) is 1. The van der Waals surface area contributed by atoms with Crippen molar-refractivity contribution in [3.63, 3.8) is 0 Å². The van der Waals surface area contributed by atoms with Gasteiger partial charge in [0.2, 0.25) is 5.91 Å². The van der Waals surface area contributed by atoms with E-state index in [1.165, 1.54) is 4.90 Å². The summed E-state index contributed by atoms with van der Waals surface area (Å²) in [4.78, 5) is 29.3. The Kier molecular flexibility index (Phi) is 2.91. The molecule has 0 saturated carbocycles. The van der Waals surface area contributed by atoms with Crippen molar-refractivity contribution in [2.24, 2.45) is 5.16 Å². The molecule has 1 aromatic carbocycles. The van der Waals surface area contributed by atoms with Gasteiger partial charge in [0.25, 0.3) is 0 Å². The molecule has 0 radical (unpaired) electrons. The van der Waals surface area contributed by atoms with Crippen LogP contribution in [0.15, 0.2) is 35.5 Å². The van der Waals surface area contributed by atoms with Gasteiger partial charge in [0.1, 0.15) is 6.54 Å². The van der Waals surface area contributed by atoms with Gasteiger partial charge in [-0.15, -0.1) is 0 Å². The second-order valence-electron chi connectivity index (χ2n) is 4.57. The number of hydrogen-bond acceptors (Lipinski definition) is 4. The molecule has 0 bridgehead atoms. The molecule has 0 spiro atoms. The zero-order chi connectivity index (χ0) is 13.2. The normalized spacial score (nSPS) is 22.2. The van der Waals surface area contributed by atoms with E-state index in [1.807, 2.05) is 30.3 Å². The number of imide groups is 1. The maximum Gasteiger partial charge on any atom is 0.324 e. The predicted molar refractivity (Wildman–Crippen MR) is 67.6 cm³/mol. The number of oxime groups is 1. The lowest BCUT2D eigenvalue weighted by Crippen LogP contribution is -2.35. The van der Waals surface area contributed by atoms with Gasteiger partial charge < -0.3 is 9.74 Å². The molecule has 1 fully saturated rings. The first-order valence-electron chi connectivity index (χ1n) is 6.09. The van der Waals surface area contributed by atoms with Crippen molar-refractivity contribution in [1.29, 1.82) is 0 Å². The van der Waals surface area contributed by atoms with E-state index in [2.05, 4.69) is 10.5 Å². The van der Waals surface area contributed by atoms with Crippen LogP contribution in [-0.4, -0.2) is 41.7 Å². The van der Waals surface area contributed by atoms with Gasteiger partial charge in [-0.05, 0) is 5.56 Å². The molecule has 0 aliphatic carbocycles. The van der Waals surface area contributed by atoms with Crippen molar-refractivity contribution in [2.45, 2.75) is 12.5 Å². The predicted octanol–water partition coefficient (Wildman–Crippen LogP) is 0.731. The molecular formula is C13H13N3O3. The lowest BCUT2D eigenvalue weighted by molar-refractivity contribution is -0.118. The maximum absolute atomic E-state index is 11.4. The van der Waals surface area contributed by atoms with Crippen molar-refractivity contribution in [2.75, 3.05) is 13.1 Å². The highest BCUT2D eigenvalue weighted by molar-refractivity contribution is 6.02. The number of nitrogens with zero attached hydrogens (tertiary/aromatic N) is 2. The molecule has 1 saturated heterocycles. The van der Waals surface area contributed by atoms with Gasteiger partial charge >= 0.3 is 6.03 Å². The summed E-state index contributed by atoms with van der Waals surface area (Å²) in [5.74, 6) is -0.271. The van der Waals surface area contributed by atoms with Crippen LogP contribution >= 0.6 is 0 Å². The standard InChI is InChI=1S/C13H13N3O3/c17-12-8-16(13(18)14-12)7-10-6-11(15-19-10)9-4-2-1-3-5-9/h1-5,10H,6-8H2,(H,14,17,18). The molecular weight excluding hydrogens is 246 g/mol. The van der Waals surface area contributed by atoms with Gasteiger partial charge in [-0.25, -0.2) is 4.79 Å². The van der Waals surface area contributed by atoms with Gasteiger partial charge in [0.05, 0.1) is 12.3 Å². The Morgan fingerprint density at radius 2 is 2.11 bits per heavy atom. The maximum atomic E-state index is 11.4. The molecule has 1 unspecified atom stereocenters. The van der Waals surface area contributed by atoms with Crippen LogP contribution in [0.3, 0.4) is 0 Å². The van der Waals surface area contributed by atoms with Crippen LogP contribution < -0.4 is 5.32 Å². The number of carbonyl (C=O) groups excluding carboxylic acids is 2. The first-order chi connectivity index (χ1) is 9.22. The van der Waals surface area contributed by atoms with Crippen molar-refractivity contribution < 1.29 is 14.4 Å². The van der Waals surface area contributed by atoms with E-state index >= 15 is 0 Å². The quantitative estimate of drug-likeness (QED) is 0.813. The SMILES string of the molecule is O=C1CN(CC2CC(c3ccccc3)=NO2)C(=O)N1. The third-order valence-corrected chi connectivity index (χ3v) is 3.13. The third kappa shape index (κ3) is 2.42. The zero-order valence-corrected chi connectivity index (χ0v) is 10.2. The molecule has 0 aromatic heterocycles. The van der Waals surface area contributed by atoms with E-state index in [-0.39, 0.29) is 24.6 Å². The van der Waals surface area contributed by atoms with Crippen molar-refractivity contribution in [3.05, 3.63) is 35.9 Å². The minimum atomic E-state index is -0.359. The first kappa shape index (κ1) is 11.7. The third-order valence-electron chi connectivity index (χ3n) is 3.13. The van der Waals surface area contributed by atoms with Crippen LogP contribution in [0.5, 0.6) is 0 Å². The summed E-state index contributed by atoms with van der Waals surface area (Å²) >= 11 is 0. The lowest BCUT2D eigenvalue weighted by Gasteiger charge is -2.16. The lowest BCUT2D eigenvalue weighted by atomic mass is 10.1. The summed E-state index contributed by atoms with van der Waals surface area (Å²) in [5.41, 5.74) is 1.89. The van der Waals surface area contributed by atoms with Crippen LogP contribution in [0.1, 0.15) is 12.0 Å². The molecule has 2 heterocycles. The fourth-order valence-corrected chi connectivity index (χ4v) is 2.20. The first-order valence-corrected chi connectivity index (χ1v) is 6.09. The van der Waals surface area contributed by atoms with Crippen LogP contribution in [-0.2, 0) is 9.63 Å². The summed E-state index contributed by atoms with van der Waals surface area (Å²) in [6.07, 6.45) is 0.453. The number of benzene rings is 1. The average molecular weight is 259 g/mol. The van der Waals surface area contributed by atoms with E-state index < -0.39 is 0 Å². The second-order valence-corrected chi connectivity index (χ2v) is 4.57. The van der Waals surface area contributed by atoms with Crippen molar-refractivity contribution in [1.82, 2.24) is 10.2 Å². The molecule has 6 nitrogen and oxygen atoms in total. The molecule has 98 valence electrons. The average Bonchev–Trinajstić information content (AvgIpc) is 2.99. The number of urea groups is 1. The van der Waals surface area contributed by atoms with Crippen LogP contribution in [0, 0.1) is 0 Å². The summed E-state index contributed by atoms with van der Waals surface area (Å²) < 4.78 is 0. The molecule has 3 amide bonds. The summed E-state index contributed by atoms with van der Waals surface area (Å²) in [6.45, 7) is 0.469. The molecule has 1 aromatic rings. The summed E-state index contributed by atoms with van der Waals surface area (Å²) in [5, 5.41) is 6.29. The molecule has 2 aliphatic rings. The van der Waals surface area contributed by atoms with E-state index in [4.69, 9.17) is 4.84 Å². The fourth-order valence-electron chi connectivity index (χ4n) is 2.20. The Balaban J connectivity index is 1.60. The molecule has 3 rings (SSSR count).